The molecule has 2 N–H and O–H groups in total. The fourth-order valence-electron chi connectivity index (χ4n) is 3.50. The number of rotatable bonds is 8. The van der Waals surface area contributed by atoms with E-state index in [-0.39, 0.29) is 18.8 Å². The van der Waals surface area contributed by atoms with Crippen molar-refractivity contribution in [1.82, 2.24) is 0 Å². The highest BCUT2D eigenvalue weighted by molar-refractivity contribution is 6.30. The second kappa shape index (κ2) is 9.13. The Balaban J connectivity index is 2.07. The average molecular weight is 427 g/mol. The number of Topliss-reactive ketones (excluding diaryl/α,β-unsaturated/α-hetero) is 1. The van der Waals surface area contributed by atoms with Crippen LogP contribution < -0.4 is 10.5 Å². The average Bonchev–Trinajstić information content (AvgIpc) is 3.24. The number of methoxy groups -OCH3 is 1. The van der Waals surface area contributed by atoms with Crippen molar-refractivity contribution in [3.63, 3.8) is 0 Å². The first-order valence-corrected chi connectivity index (χ1v) is 9.91. The Kier molecular flexibility index (Phi) is 6.57. The smallest absolute Gasteiger partial charge is 0.312 e. The molecule has 0 fully saturated rings. The second-order valence-corrected chi connectivity index (χ2v) is 7.31. The van der Waals surface area contributed by atoms with Gasteiger partial charge in [0.15, 0.2) is 11.3 Å². The van der Waals surface area contributed by atoms with Crippen LogP contribution in [0.3, 0.4) is 0 Å². The lowest BCUT2D eigenvalue weighted by Crippen LogP contribution is -2.47. The summed E-state index contributed by atoms with van der Waals surface area (Å²) in [6.45, 7) is 1.90. The third-order valence-electron chi connectivity index (χ3n) is 5.07. The number of carbonyl (C=O) groups excluding carboxylic acids is 2. The van der Waals surface area contributed by atoms with Gasteiger partial charge in [0.25, 0.3) is 0 Å². The third-order valence-corrected chi connectivity index (χ3v) is 5.32. The molecule has 0 amide bonds. The molecule has 0 aliphatic carbocycles. The van der Waals surface area contributed by atoms with Gasteiger partial charge in [0.2, 0.25) is 0 Å². The highest BCUT2D eigenvalue weighted by atomic mass is 35.5. The molecule has 1 aliphatic rings. The Labute approximate surface area is 180 Å². The van der Waals surface area contributed by atoms with Crippen LogP contribution in [0.2, 0.25) is 5.02 Å². The summed E-state index contributed by atoms with van der Waals surface area (Å²) in [5, 5.41) is 0.511. The van der Waals surface area contributed by atoms with Crippen LogP contribution >= 0.6 is 11.6 Å². The summed E-state index contributed by atoms with van der Waals surface area (Å²) in [4.78, 5) is 31.0. The first-order valence-electron chi connectivity index (χ1n) is 9.53. The van der Waals surface area contributed by atoms with E-state index in [9.17, 15) is 9.59 Å². The number of ether oxygens (including phenoxy) is 2. The van der Waals surface area contributed by atoms with Gasteiger partial charge in [-0.05, 0) is 73.5 Å². The number of esters is 1. The molecular weight excluding hydrogens is 404 g/mol. The quantitative estimate of drug-likeness (QED) is 0.392. The maximum Gasteiger partial charge on any atom is 0.312 e. The molecule has 2 unspecified atom stereocenters. The minimum absolute atomic E-state index is 0.156. The van der Waals surface area contributed by atoms with Crippen LogP contribution in [0.15, 0.2) is 59.6 Å². The SMILES string of the molecule is CCOC(=O)C(Cc1cc(OC)ccc1N)C1(C(=O)c2ccc(Cl)cc2)C=CC=N1. The molecule has 3 rings (SSSR count). The Hall–Kier alpha value is -3.12. The fourth-order valence-corrected chi connectivity index (χ4v) is 3.62. The van der Waals surface area contributed by atoms with Crippen LogP contribution in [0.4, 0.5) is 5.69 Å². The minimum Gasteiger partial charge on any atom is -0.497 e. The molecule has 0 spiro atoms. The summed E-state index contributed by atoms with van der Waals surface area (Å²) in [5.74, 6) is -1.15. The van der Waals surface area contributed by atoms with Crippen LogP contribution in [0.25, 0.3) is 0 Å². The lowest BCUT2D eigenvalue weighted by molar-refractivity contribution is -0.149. The number of anilines is 1. The molecule has 0 bridgehead atoms. The van der Waals surface area contributed by atoms with E-state index < -0.39 is 17.4 Å². The van der Waals surface area contributed by atoms with Gasteiger partial charge in [0.1, 0.15) is 5.75 Å². The molecule has 6 nitrogen and oxygen atoms in total. The van der Waals surface area contributed by atoms with Crippen LogP contribution in [-0.4, -0.2) is 37.2 Å². The van der Waals surface area contributed by atoms with E-state index in [0.29, 0.717) is 27.6 Å². The lowest BCUT2D eigenvalue weighted by Gasteiger charge is -2.31. The number of ketones is 1. The zero-order valence-corrected chi connectivity index (χ0v) is 17.6. The van der Waals surface area contributed by atoms with Gasteiger partial charge in [-0.2, -0.15) is 0 Å². The number of allylic oxidation sites excluding steroid dienone is 1. The highest BCUT2D eigenvalue weighted by Gasteiger charge is 2.49. The van der Waals surface area contributed by atoms with Crippen molar-refractivity contribution < 1.29 is 19.1 Å². The number of carbonyl (C=O) groups is 2. The lowest BCUT2D eigenvalue weighted by atomic mass is 9.75. The Morgan fingerprint density at radius 3 is 2.53 bits per heavy atom. The first-order chi connectivity index (χ1) is 14.4. The molecule has 2 aromatic carbocycles. The zero-order valence-electron chi connectivity index (χ0n) is 16.8. The van der Waals surface area contributed by atoms with E-state index >= 15 is 0 Å². The predicted octanol–water partition coefficient (Wildman–Crippen LogP) is 3.91. The number of hydrogen-bond acceptors (Lipinski definition) is 6. The second-order valence-electron chi connectivity index (χ2n) is 6.87. The number of halogens is 1. The number of aliphatic imine (C=N–C) groups is 1. The summed E-state index contributed by atoms with van der Waals surface area (Å²) in [6, 6.07) is 11.7. The van der Waals surface area contributed by atoms with E-state index in [1.807, 2.05) is 0 Å². The molecule has 1 aliphatic heterocycles. The van der Waals surface area contributed by atoms with Gasteiger partial charge in [-0.3, -0.25) is 14.6 Å². The largest absolute Gasteiger partial charge is 0.497 e. The van der Waals surface area contributed by atoms with E-state index in [1.165, 1.54) is 6.21 Å². The monoisotopic (exact) mass is 426 g/mol. The number of benzene rings is 2. The number of nitrogens with zero attached hydrogens (tertiary/aromatic N) is 1. The molecule has 30 heavy (non-hydrogen) atoms. The van der Waals surface area contributed by atoms with Gasteiger partial charge in [-0.15, -0.1) is 0 Å². The summed E-state index contributed by atoms with van der Waals surface area (Å²) in [7, 11) is 1.55. The Morgan fingerprint density at radius 2 is 1.93 bits per heavy atom. The van der Waals surface area contributed by atoms with Crippen molar-refractivity contribution in [2.75, 3.05) is 19.5 Å². The molecule has 2 atom stereocenters. The van der Waals surface area contributed by atoms with Crippen molar-refractivity contribution in [2.24, 2.45) is 10.9 Å². The summed E-state index contributed by atoms with van der Waals surface area (Å²) >= 11 is 5.96. The molecule has 156 valence electrons. The zero-order chi connectivity index (χ0) is 21.7. The topological polar surface area (TPSA) is 91.0 Å². The van der Waals surface area contributed by atoms with Crippen molar-refractivity contribution in [3.05, 3.63) is 70.8 Å². The van der Waals surface area contributed by atoms with E-state index in [1.54, 1.807) is 68.7 Å². The highest BCUT2D eigenvalue weighted by Crippen LogP contribution is 2.36. The number of hydrogen-bond donors (Lipinski definition) is 1. The molecule has 0 radical (unpaired) electrons. The molecule has 0 saturated carbocycles. The van der Waals surface area contributed by atoms with Crippen LogP contribution in [0.5, 0.6) is 5.75 Å². The number of nitrogen functional groups attached to an aromatic ring is 1. The number of nitrogens with two attached hydrogens (primary N) is 1. The van der Waals surface area contributed by atoms with Crippen molar-refractivity contribution in [3.8, 4) is 5.75 Å². The van der Waals surface area contributed by atoms with Crippen molar-refractivity contribution in [1.29, 1.82) is 0 Å². The van der Waals surface area contributed by atoms with Gasteiger partial charge < -0.3 is 15.2 Å². The predicted molar refractivity (Wildman–Crippen MR) is 117 cm³/mol. The minimum atomic E-state index is -1.43. The van der Waals surface area contributed by atoms with Crippen LogP contribution in [0.1, 0.15) is 22.8 Å². The fraction of sp³-hybridized carbons (Fsp3) is 0.261. The standard InChI is InChI=1S/C23H23ClN2O4/c1-3-30-22(28)19(14-16-13-18(29-2)9-10-20(16)25)23(11-4-12-26-23)21(27)15-5-7-17(24)8-6-15/h4-13,19H,3,14,25H2,1-2H3. The molecular formula is C23H23ClN2O4. The molecule has 0 aromatic heterocycles. The molecule has 7 heteroatoms. The van der Waals surface area contributed by atoms with Crippen LogP contribution in [-0.2, 0) is 16.0 Å². The van der Waals surface area contributed by atoms with E-state index in [2.05, 4.69) is 4.99 Å². The summed E-state index contributed by atoms with van der Waals surface area (Å²) in [6.07, 6.45) is 4.98. The molecule has 2 aromatic rings. The van der Waals surface area contributed by atoms with Gasteiger partial charge in [-0.25, -0.2) is 0 Å². The Bertz CT molecular complexity index is 987. The van der Waals surface area contributed by atoms with Gasteiger partial charge in [0, 0.05) is 22.5 Å². The van der Waals surface area contributed by atoms with Gasteiger partial charge in [-0.1, -0.05) is 11.6 Å². The van der Waals surface area contributed by atoms with Crippen molar-refractivity contribution in [2.45, 2.75) is 18.9 Å². The first kappa shape index (κ1) is 21.6. The maximum absolute atomic E-state index is 13.6. The summed E-state index contributed by atoms with van der Waals surface area (Å²) in [5.41, 5.74) is 6.28. The van der Waals surface area contributed by atoms with Gasteiger partial charge >= 0.3 is 5.97 Å². The van der Waals surface area contributed by atoms with Crippen molar-refractivity contribution >= 4 is 35.3 Å². The van der Waals surface area contributed by atoms with Gasteiger partial charge in [0.05, 0.1) is 19.6 Å². The normalized spacial score (nSPS) is 18.2. The Morgan fingerprint density at radius 1 is 1.20 bits per heavy atom. The molecule has 1 heterocycles. The van der Waals surface area contributed by atoms with E-state index in [0.717, 1.165) is 0 Å². The third kappa shape index (κ3) is 4.24. The summed E-state index contributed by atoms with van der Waals surface area (Å²) < 4.78 is 10.6. The maximum atomic E-state index is 13.6. The molecule has 0 saturated heterocycles. The van der Waals surface area contributed by atoms with E-state index in [4.69, 9.17) is 26.8 Å². The van der Waals surface area contributed by atoms with Crippen LogP contribution in [0, 0.1) is 5.92 Å².